The second kappa shape index (κ2) is 77.1. The molecule has 0 heterocycles. The molecular weight excluding hydrogens is 1350 g/mol. The molecule has 0 radical (unpaired) electrons. The van der Waals surface area contributed by atoms with E-state index in [2.05, 4.69) is 107 Å². The summed E-state index contributed by atoms with van der Waals surface area (Å²) in [6.07, 6.45) is 82.5. The first-order valence-electron chi connectivity index (χ1n) is 41.5. The minimum absolute atomic E-state index is 0.0328. The van der Waals surface area contributed by atoms with Crippen LogP contribution in [0.25, 0.3) is 0 Å². The van der Waals surface area contributed by atoms with Gasteiger partial charge in [0.25, 0.3) is 0 Å². The summed E-state index contributed by atoms with van der Waals surface area (Å²) < 4.78 is 68.6. The third-order valence-electron chi connectivity index (χ3n) is 17.6. The number of allylic oxidation sites excluding steroid dienone is 16. The van der Waals surface area contributed by atoms with Gasteiger partial charge in [0.15, 0.2) is 12.2 Å². The molecule has 0 aliphatic carbocycles. The number of aliphatic hydroxyl groups excluding tert-OH is 1. The largest absolute Gasteiger partial charge is 0.472 e. The average Bonchev–Trinajstić information content (AvgIpc) is 0.943. The van der Waals surface area contributed by atoms with Crippen molar-refractivity contribution in [1.29, 1.82) is 0 Å². The molecule has 0 saturated heterocycles. The molecule has 0 aliphatic heterocycles. The Balaban J connectivity index is 5.42. The molecule has 17 nitrogen and oxygen atoms in total. The summed E-state index contributed by atoms with van der Waals surface area (Å²) in [6.45, 7) is 4.71. The first-order chi connectivity index (χ1) is 50.7. The van der Waals surface area contributed by atoms with Crippen LogP contribution in [-0.4, -0.2) is 96.7 Å². The van der Waals surface area contributed by atoms with Crippen molar-refractivity contribution in [1.82, 2.24) is 0 Å². The lowest BCUT2D eigenvalue weighted by molar-refractivity contribution is -0.161. The highest BCUT2D eigenvalue weighted by molar-refractivity contribution is 7.47. The Kier molecular flexibility index (Phi) is 74.2. The van der Waals surface area contributed by atoms with Gasteiger partial charge in [0.2, 0.25) is 0 Å². The molecule has 0 aromatic rings. The normalized spacial score (nSPS) is 14.3. The van der Waals surface area contributed by atoms with Gasteiger partial charge >= 0.3 is 39.5 Å². The third kappa shape index (κ3) is 76.2. The van der Waals surface area contributed by atoms with Crippen molar-refractivity contribution < 1.29 is 80.2 Å². The summed E-state index contributed by atoms with van der Waals surface area (Å²) in [7, 11) is -9.98. The highest BCUT2D eigenvalue weighted by Crippen LogP contribution is 2.45. The number of carbonyl (C=O) groups excluding carboxylic acids is 4. The summed E-state index contributed by atoms with van der Waals surface area (Å²) >= 11 is 0. The van der Waals surface area contributed by atoms with Gasteiger partial charge in [-0.3, -0.25) is 37.3 Å². The van der Waals surface area contributed by atoms with Crippen LogP contribution in [0.4, 0.5) is 0 Å². The number of phosphoric ester groups is 2. The Morgan fingerprint density at radius 3 is 0.846 bits per heavy atom. The zero-order valence-corrected chi connectivity index (χ0v) is 67.7. The number of esters is 4. The monoisotopic (exact) mass is 1510 g/mol. The lowest BCUT2D eigenvalue weighted by Gasteiger charge is -2.21. The van der Waals surface area contributed by atoms with E-state index in [1.165, 1.54) is 154 Å². The Labute approximate surface area is 633 Å². The molecule has 5 atom stereocenters. The lowest BCUT2D eigenvalue weighted by atomic mass is 10.0. The number of unbranched alkanes of at least 4 members (excludes halogenated alkanes) is 36. The van der Waals surface area contributed by atoms with Crippen LogP contribution in [0.5, 0.6) is 0 Å². The molecule has 0 aromatic carbocycles. The molecule has 2 unspecified atom stereocenters. The number of phosphoric acid groups is 2. The molecule has 602 valence electrons. The van der Waals surface area contributed by atoms with E-state index in [0.29, 0.717) is 32.1 Å². The van der Waals surface area contributed by atoms with Crippen LogP contribution in [0.15, 0.2) is 97.2 Å². The van der Waals surface area contributed by atoms with Crippen LogP contribution >= 0.6 is 15.6 Å². The molecule has 0 spiro atoms. The van der Waals surface area contributed by atoms with Crippen LogP contribution in [0, 0.1) is 0 Å². The van der Waals surface area contributed by atoms with E-state index in [1.54, 1.807) is 0 Å². The molecule has 0 saturated carbocycles. The molecule has 0 aliphatic rings. The Bertz CT molecular complexity index is 2350. The first-order valence-corrected chi connectivity index (χ1v) is 44.5. The van der Waals surface area contributed by atoms with Crippen molar-refractivity contribution >= 4 is 39.5 Å². The number of carbonyl (C=O) groups is 4. The van der Waals surface area contributed by atoms with Gasteiger partial charge in [-0.15, -0.1) is 0 Å². The van der Waals surface area contributed by atoms with Crippen molar-refractivity contribution in [2.45, 2.75) is 380 Å². The second-order valence-electron chi connectivity index (χ2n) is 27.7. The van der Waals surface area contributed by atoms with Crippen LogP contribution in [0.2, 0.25) is 0 Å². The maximum Gasteiger partial charge on any atom is 0.472 e. The summed E-state index contributed by atoms with van der Waals surface area (Å²) in [5, 5.41) is 10.7. The number of ether oxygens (including phenoxy) is 4. The minimum Gasteiger partial charge on any atom is -0.462 e. The molecule has 19 heteroatoms. The number of rotatable bonds is 78. The molecule has 0 aromatic heterocycles. The topological polar surface area (TPSA) is 237 Å². The fourth-order valence-electron chi connectivity index (χ4n) is 11.3. The highest BCUT2D eigenvalue weighted by atomic mass is 31.2. The predicted molar refractivity (Wildman–Crippen MR) is 427 cm³/mol. The van der Waals surface area contributed by atoms with E-state index < -0.39 is 97.5 Å². The molecule has 0 fully saturated rings. The Morgan fingerprint density at radius 2 is 0.519 bits per heavy atom. The van der Waals surface area contributed by atoms with E-state index in [1.807, 2.05) is 18.2 Å². The SMILES string of the molecule is CC/C=C\C/C=C\C/C=C\C/C=C\C/C=C\C/C=C\CCC(=O)O[C@H](COC(=O)CCCCCCC/C=C\C/C=C\CCCCC)COP(=O)(O)OC[C@@H](O)COP(=O)(O)OC[C@@H](COC(=O)CCCCCCCCCCCCCCCCC)OC(=O)CCCCCCCCCCCCCCCCC. The van der Waals surface area contributed by atoms with Crippen molar-refractivity contribution in [3.63, 3.8) is 0 Å². The van der Waals surface area contributed by atoms with Crippen molar-refractivity contribution in [2.24, 2.45) is 0 Å². The van der Waals surface area contributed by atoms with E-state index in [0.717, 1.165) is 122 Å². The van der Waals surface area contributed by atoms with Crippen LogP contribution in [0.1, 0.15) is 362 Å². The molecule has 3 N–H and O–H groups in total. The van der Waals surface area contributed by atoms with Gasteiger partial charge < -0.3 is 33.8 Å². The maximum atomic E-state index is 13.1. The third-order valence-corrected chi connectivity index (χ3v) is 19.5. The summed E-state index contributed by atoms with van der Waals surface area (Å²) in [4.78, 5) is 73.1. The van der Waals surface area contributed by atoms with E-state index in [9.17, 15) is 43.2 Å². The second-order valence-corrected chi connectivity index (χ2v) is 30.6. The zero-order valence-electron chi connectivity index (χ0n) is 65.9. The molecule has 104 heavy (non-hydrogen) atoms. The summed E-state index contributed by atoms with van der Waals surface area (Å²) in [6, 6.07) is 0. The fraction of sp³-hybridized carbons (Fsp3) is 0.765. The molecule has 0 rings (SSSR count). The number of aliphatic hydroxyl groups is 1. The van der Waals surface area contributed by atoms with Gasteiger partial charge in [-0.2, -0.15) is 0 Å². The van der Waals surface area contributed by atoms with Crippen molar-refractivity contribution in [3.8, 4) is 0 Å². The van der Waals surface area contributed by atoms with Crippen molar-refractivity contribution in [3.05, 3.63) is 97.2 Å². The molecular formula is C85H150O17P2. The zero-order chi connectivity index (χ0) is 76.0. The maximum absolute atomic E-state index is 13.1. The van der Waals surface area contributed by atoms with E-state index >= 15 is 0 Å². The highest BCUT2D eigenvalue weighted by Gasteiger charge is 2.30. The van der Waals surface area contributed by atoms with Crippen LogP contribution < -0.4 is 0 Å². The standard InChI is InChI=1S/C85H150O17P2/c1-5-9-13-17-21-25-29-33-37-38-39-40-44-48-52-56-60-64-68-72-85(90)102-81(76-96-83(88)70-66-62-58-54-50-46-42-35-31-27-23-19-15-11-7-3)78-100-104(93,94)98-74-79(86)73-97-103(91,92)99-77-80(101-84(89)71-67-63-59-55-51-47-43-36-32-28-24-20-16-12-8-4)75-95-82(87)69-65-61-57-53-49-45-41-34-30-26-22-18-14-10-6-2/h9,13,21,23,25,27,33,35,37,39-40,42,48,52,60,64,79-81,86H,5-8,10-12,14-20,22,24,26,28-32,34,36,38,41,43-47,49-51,53-59,61-63,65-78H2,1-4H3,(H,91,92)(H,93,94)/b13-9-,25-21-,27-23-,37-33-,40-39-,42-35-,52-48-,64-60-/t79-,80+,81+/m0/s1. The molecule has 0 amide bonds. The minimum atomic E-state index is -5.00. The fourth-order valence-corrected chi connectivity index (χ4v) is 12.9. The number of hydrogen-bond acceptors (Lipinski definition) is 15. The lowest BCUT2D eigenvalue weighted by Crippen LogP contribution is -2.30. The average molecular weight is 1510 g/mol. The van der Waals surface area contributed by atoms with Crippen LogP contribution in [0.3, 0.4) is 0 Å². The van der Waals surface area contributed by atoms with Gasteiger partial charge in [-0.25, -0.2) is 9.13 Å². The Hall–Kier alpha value is -4.02. The van der Waals surface area contributed by atoms with E-state index in [4.69, 9.17) is 37.0 Å². The summed E-state index contributed by atoms with van der Waals surface area (Å²) in [5.41, 5.74) is 0. The van der Waals surface area contributed by atoms with Crippen LogP contribution in [-0.2, 0) is 65.4 Å². The van der Waals surface area contributed by atoms with E-state index in [-0.39, 0.29) is 25.7 Å². The van der Waals surface area contributed by atoms with Gasteiger partial charge in [0, 0.05) is 25.7 Å². The number of hydrogen-bond donors (Lipinski definition) is 3. The van der Waals surface area contributed by atoms with Gasteiger partial charge in [-0.1, -0.05) is 337 Å². The first kappa shape index (κ1) is 100.0. The quantitative estimate of drug-likeness (QED) is 0.0169. The smallest absolute Gasteiger partial charge is 0.462 e. The predicted octanol–water partition coefficient (Wildman–Crippen LogP) is 24.3. The van der Waals surface area contributed by atoms with Gasteiger partial charge in [0.1, 0.15) is 19.3 Å². The summed E-state index contributed by atoms with van der Waals surface area (Å²) in [5.74, 6) is -2.26. The molecule has 0 bridgehead atoms. The van der Waals surface area contributed by atoms with Crippen molar-refractivity contribution in [2.75, 3.05) is 39.6 Å². The van der Waals surface area contributed by atoms with Gasteiger partial charge in [0.05, 0.1) is 26.4 Å². The Morgan fingerprint density at radius 1 is 0.279 bits per heavy atom. The van der Waals surface area contributed by atoms with Gasteiger partial charge in [-0.05, 0) is 96.3 Å².